The first-order valence-electron chi connectivity index (χ1n) is 6.05. The van der Waals surface area contributed by atoms with Gasteiger partial charge in [0.15, 0.2) is 5.82 Å². The van der Waals surface area contributed by atoms with Crippen LogP contribution in [0.4, 0.5) is 0 Å². The van der Waals surface area contributed by atoms with Crippen molar-refractivity contribution in [2.75, 3.05) is 18.1 Å². The van der Waals surface area contributed by atoms with Gasteiger partial charge in [-0.05, 0) is 43.2 Å². The lowest BCUT2D eigenvalue weighted by Crippen LogP contribution is -2.13. The molecule has 1 aromatic heterocycles. The molecule has 0 aliphatic carbocycles. The number of aromatic nitrogens is 2. The first-order valence-corrected chi connectivity index (χ1v) is 7.21. The van der Waals surface area contributed by atoms with Gasteiger partial charge in [-0.3, -0.25) is 0 Å². The van der Waals surface area contributed by atoms with Gasteiger partial charge < -0.3 is 9.84 Å². The Morgan fingerprint density at radius 1 is 1.44 bits per heavy atom. The van der Waals surface area contributed by atoms with E-state index in [9.17, 15) is 0 Å². The van der Waals surface area contributed by atoms with Crippen molar-refractivity contribution in [1.29, 1.82) is 0 Å². The highest BCUT2D eigenvalue weighted by Crippen LogP contribution is 2.27. The van der Waals surface area contributed by atoms with Gasteiger partial charge >= 0.3 is 0 Å². The van der Waals surface area contributed by atoms with Crippen LogP contribution in [-0.4, -0.2) is 28.2 Å². The minimum absolute atomic E-state index is 0.305. The first kappa shape index (κ1) is 10.6. The summed E-state index contributed by atoms with van der Waals surface area (Å²) >= 11 is 2.04. The van der Waals surface area contributed by atoms with E-state index in [0.717, 1.165) is 37.0 Å². The monoisotopic (exact) mass is 239 g/mol. The van der Waals surface area contributed by atoms with E-state index < -0.39 is 0 Å². The molecule has 2 aliphatic rings. The molecule has 2 unspecified atom stereocenters. The lowest BCUT2D eigenvalue weighted by molar-refractivity contribution is 0.339. The molecule has 2 fully saturated rings. The van der Waals surface area contributed by atoms with Crippen molar-refractivity contribution in [1.82, 2.24) is 15.5 Å². The van der Waals surface area contributed by atoms with E-state index in [1.165, 1.54) is 24.3 Å². The zero-order valence-corrected chi connectivity index (χ0v) is 10.1. The molecular weight excluding hydrogens is 222 g/mol. The Hall–Kier alpha value is -0.550. The van der Waals surface area contributed by atoms with Crippen LogP contribution < -0.4 is 5.32 Å². The van der Waals surface area contributed by atoms with Gasteiger partial charge in [0.1, 0.15) is 0 Å². The Kier molecular flexibility index (Phi) is 3.15. The van der Waals surface area contributed by atoms with Crippen LogP contribution in [-0.2, 0) is 6.42 Å². The summed E-state index contributed by atoms with van der Waals surface area (Å²) in [6.07, 6.45) is 4.63. The van der Waals surface area contributed by atoms with Crippen molar-refractivity contribution in [2.24, 2.45) is 5.92 Å². The largest absolute Gasteiger partial charge is 0.338 e. The maximum Gasteiger partial charge on any atom is 0.243 e. The van der Waals surface area contributed by atoms with E-state index in [2.05, 4.69) is 15.5 Å². The highest BCUT2D eigenvalue weighted by atomic mass is 32.2. The van der Waals surface area contributed by atoms with Crippen molar-refractivity contribution in [3.8, 4) is 0 Å². The van der Waals surface area contributed by atoms with Crippen LogP contribution in [0.3, 0.4) is 0 Å². The van der Waals surface area contributed by atoms with Gasteiger partial charge in [0.2, 0.25) is 5.89 Å². The maximum absolute atomic E-state index is 5.33. The molecule has 0 bridgehead atoms. The molecule has 3 rings (SSSR count). The van der Waals surface area contributed by atoms with Crippen molar-refractivity contribution < 1.29 is 4.52 Å². The molecule has 0 spiro atoms. The van der Waals surface area contributed by atoms with Gasteiger partial charge in [0, 0.05) is 6.42 Å². The van der Waals surface area contributed by atoms with Crippen molar-refractivity contribution in [2.45, 2.75) is 31.7 Å². The van der Waals surface area contributed by atoms with E-state index in [-0.39, 0.29) is 0 Å². The number of thioether (sulfide) groups is 1. The molecule has 88 valence electrons. The third-order valence-corrected chi connectivity index (χ3v) is 4.57. The molecule has 1 aromatic rings. The van der Waals surface area contributed by atoms with E-state index in [1.54, 1.807) is 0 Å². The molecule has 16 heavy (non-hydrogen) atoms. The van der Waals surface area contributed by atoms with Gasteiger partial charge in [-0.15, -0.1) is 0 Å². The summed E-state index contributed by atoms with van der Waals surface area (Å²) in [6, 6.07) is 0.305. The standard InChI is InChI=1S/C11H17N3OS/c1-2-9(12-4-1)11-13-10(14-15-11)6-8-3-5-16-7-8/h8-9,12H,1-7H2. The SMILES string of the molecule is C1CNC(c2nc(CC3CCSC3)no2)C1. The first-order chi connectivity index (χ1) is 7.92. The van der Waals surface area contributed by atoms with Gasteiger partial charge in [0.05, 0.1) is 6.04 Å². The zero-order valence-electron chi connectivity index (χ0n) is 9.32. The Morgan fingerprint density at radius 3 is 3.19 bits per heavy atom. The molecule has 4 nitrogen and oxygen atoms in total. The van der Waals surface area contributed by atoms with E-state index >= 15 is 0 Å². The second-order valence-corrected chi connectivity index (χ2v) is 5.78. The van der Waals surface area contributed by atoms with Gasteiger partial charge in [-0.1, -0.05) is 5.16 Å². The fourth-order valence-electron chi connectivity index (χ4n) is 2.39. The average Bonchev–Trinajstić information content (AvgIpc) is 2.99. The van der Waals surface area contributed by atoms with Crippen LogP contribution in [0.1, 0.15) is 37.0 Å². The van der Waals surface area contributed by atoms with E-state index in [4.69, 9.17) is 4.52 Å². The summed E-state index contributed by atoms with van der Waals surface area (Å²) < 4.78 is 5.33. The topological polar surface area (TPSA) is 51.0 Å². The molecule has 1 N–H and O–H groups in total. The summed E-state index contributed by atoms with van der Waals surface area (Å²) in [7, 11) is 0. The number of nitrogens with one attached hydrogen (secondary N) is 1. The second-order valence-electron chi connectivity index (χ2n) is 4.63. The number of rotatable bonds is 3. The average molecular weight is 239 g/mol. The van der Waals surface area contributed by atoms with Crippen molar-refractivity contribution in [3.63, 3.8) is 0 Å². The summed E-state index contributed by atoms with van der Waals surface area (Å²) in [5.74, 6) is 4.99. The molecule has 3 heterocycles. The van der Waals surface area contributed by atoms with E-state index in [1.807, 2.05) is 11.8 Å². The number of hydrogen-bond donors (Lipinski definition) is 1. The van der Waals surface area contributed by atoms with Gasteiger partial charge in [0.25, 0.3) is 0 Å². The summed E-state index contributed by atoms with van der Waals surface area (Å²) in [6.45, 7) is 1.07. The quantitative estimate of drug-likeness (QED) is 0.871. The lowest BCUT2D eigenvalue weighted by atomic mass is 10.1. The number of hydrogen-bond acceptors (Lipinski definition) is 5. The fourth-order valence-corrected chi connectivity index (χ4v) is 3.67. The van der Waals surface area contributed by atoms with Crippen molar-refractivity contribution in [3.05, 3.63) is 11.7 Å². The van der Waals surface area contributed by atoms with Crippen LogP contribution in [0, 0.1) is 5.92 Å². The van der Waals surface area contributed by atoms with Crippen LogP contribution in [0.25, 0.3) is 0 Å². The maximum atomic E-state index is 5.33. The Morgan fingerprint density at radius 2 is 2.44 bits per heavy atom. The normalized spacial score (nSPS) is 30.0. The molecule has 0 radical (unpaired) electrons. The smallest absolute Gasteiger partial charge is 0.243 e. The van der Waals surface area contributed by atoms with Gasteiger partial charge in [-0.25, -0.2) is 0 Å². The molecule has 2 atom stereocenters. The molecule has 0 amide bonds. The summed E-state index contributed by atoms with van der Waals surface area (Å²) in [5.41, 5.74) is 0. The third kappa shape index (κ3) is 2.25. The Balaban J connectivity index is 1.62. The minimum Gasteiger partial charge on any atom is -0.338 e. The molecular formula is C11H17N3OS. The second kappa shape index (κ2) is 4.75. The molecule has 5 heteroatoms. The zero-order chi connectivity index (χ0) is 10.8. The highest BCUT2D eigenvalue weighted by Gasteiger charge is 2.24. The van der Waals surface area contributed by atoms with Crippen LogP contribution in [0.15, 0.2) is 4.52 Å². The van der Waals surface area contributed by atoms with Crippen LogP contribution >= 0.6 is 11.8 Å². The third-order valence-electron chi connectivity index (χ3n) is 3.34. The predicted octanol–water partition coefficient (Wildman–Crippen LogP) is 1.79. The molecule has 0 aromatic carbocycles. The summed E-state index contributed by atoms with van der Waals surface area (Å²) in [4.78, 5) is 4.51. The van der Waals surface area contributed by atoms with Gasteiger partial charge in [-0.2, -0.15) is 16.7 Å². The number of nitrogens with zero attached hydrogens (tertiary/aromatic N) is 2. The predicted molar refractivity (Wildman–Crippen MR) is 63.4 cm³/mol. The molecule has 2 saturated heterocycles. The van der Waals surface area contributed by atoms with E-state index in [0.29, 0.717) is 6.04 Å². The van der Waals surface area contributed by atoms with Crippen LogP contribution in [0.2, 0.25) is 0 Å². The fraction of sp³-hybridized carbons (Fsp3) is 0.818. The Labute approximate surface area is 99.6 Å². The molecule has 2 aliphatic heterocycles. The van der Waals surface area contributed by atoms with Crippen molar-refractivity contribution >= 4 is 11.8 Å². The van der Waals surface area contributed by atoms with Crippen LogP contribution in [0.5, 0.6) is 0 Å². The highest BCUT2D eigenvalue weighted by molar-refractivity contribution is 7.99. The minimum atomic E-state index is 0.305. The summed E-state index contributed by atoms with van der Waals surface area (Å²) in [5, 5.41) is 7.47. The lowest BCUT2D eigenvalue weighted by Gasteiger charge is -2.03. The molecule has 0 saturated carbocycles. The Bertz CT molecular complexity index is 343.